The molecule has 0 aliphatic heterocycles. The highest BCUT2D eigenvalue weighted by Crippen LogP contribution is 2.24. The van der Waals surface area contributed by atoms with E-state index in [-0.39, 0.29) is 6.61 Å². The van der Waals surface area contributed by atoms with Crippen LogP contribution in [0.15, 0.2) is 65.3 Å². The van der Waals surface area contributed by atoms with Gasteiger partial charge in [0.15, 0.2) is 6.61 Å². The van der Waals surface area contributed by atoms with E-state index in [1.165, 1.54) is 12.3 Å². The zero-order chi connectivity index (χ0) is 19.9. The first-order valence-corrected chi connectivity index (χ1v) is 8.62. The van der Waals surface area contributed by atoms with Gasteiger partial charge in [-0.05, 0) is 56.3 Å². The van der Waals surface area contributed by atoms with E-state index in [0.29, 0.717) is 22.8 Å². The normalized spacial score (nSPS) is 10.2. The number of hydrogen-bond acceptors (Lipinski definition) is 5. The number of amides is 2. The molecular weight excluding hydrogens is 360 g/mol. The molecule has 7 nitrogen and oxygen atoms in total. The average Bonchev–Trinajstić information content (AvgIpc) is 3.13. The fourth-order valence-electron chi connectivity index (χ4n) is 2.35. The molecule has 0 unspecified atom stereocenters. The van der Waals surface area contributed by atoms with E-state index in [4.69, 9.17) is 13.9 Å². The Kier molecular flexibility index (Phi) is 5.96. The number of benzene rings is 2. The summed E-state index contributed by atoms with van der Waals surface area (Å²) < 4.78 is 16.2. The first-order valence-electron chi connectivity index (χ1n) is 8.62. The maximum atomic E-state index is 11.9. The van der Waals surface area contributed by atoms with Gasteiger partial charge in [-0.15, -0.1) is 0 Å². The Bertz CT molecular complexity index is 946. The summed E-state index contributed by atoms with van der Waals surface area (Å²) in [4.78, 5) is 23.7. The van der Waals surface area contributed by atoms with Gasteiger partial charge in [-0.1, -0.05) is 17.7 Å². The standard InChI is InChI=1S/C21H20N2O5/c1-14-3-5-17(6-4-14)28-18-9-7-16(8-10-18)27-13-20(24)22-23-21(25)19-11-12-26-15(19)2/h3-12H,13H2,1-2H3,(H,22,24)(H,23,25). The van der Waals surface area contributed by atoms with Crippen LogP contribution < -0.4 is 20.3 Å². The van der Waals surface area contributed by atoms with E-state index in [1.54, 1.807) is 31.2 Å². The quantitative estimate of drug-likeness (QED) is 0.639. The number of hydrogen-bond donors (Lipinski definition) is 2. The van der Waals surface area contributed by atoms with E-state index in [9.17, 15) is 9.59 Å². The molecule has 0 radical (unpaired) electrons. The number of rotatable bonds is 6. The van der Waals surface area contributed by atoms with Crippen LogP contribution in [0.1, 0.15) is 21.7 Å². The van der Waals surface area contributed by atoms with Crippen molar-refractivity contribution in [3.8, 4) is 17.2 Å². The number of hydrazine groups is 1. The van der Waals surface area contributed by atoms with Crippen LogP contribution in [-0.4, -0.2) is 18.4 Å². The molecule has 2 N–H and O–H groups in total. The van der Waals surface area contributed by atoms with Gasteiger partial charge in [-0.2, -0.15) is 0 Å². The van der Waals surface area contributed by atoms with Crippen LogP contribution >= 0.6 is 0 Å². The van der Waals surface area contributed by atoms with Crippen LogP contribution in [0, 0.1) is 13.8 Å². The minimum atomic E-state index is -0.491. The molecule has 0 aliphatic rings. The van der Waals surface area contributed by atoms with E-state index >= 15 is 0 Å². The van der Waals surface area contributed by atoms with Crippen molar-refractivity contribution in [1.82, 2.24) is 10.9 Å². The van der Waals surface area contributed by atoms with Gasteiger partial charge in [0.2, 0.25) is 0 Å². The van der Waals surface area contributed by atoms with Crippen LogP contribution in [0.3, 0.4) is 0 Å². The van der Waals surface area contributed by atoms with E-state index in [2.05, 4.69) is 10.9 Å². The second kappa shape index (κ2) is 8.77. The van der Waals surface area contributed by atoms with Crippen LogP contribution in [-0.2, 0) is 4.79 Å². The summed E-state index contributed by atoms with van der Waals surface area (Å²) in [5.41, 5.74) is 6.10. The van der Waals surface area contributed by atoms with Crippen LogP contribution in [0.2, 0.25) is 0 Å². The van der Waals surface area contributed by atoms with Gasteiger partial charge in [0.1, 0.15) is 23.0 Å². The van der Waals surface area contributed by atoms with Gasteiger partial charge in [0, 0.05) is 0 Å². The predicted molar refractivity (Wildman–Crippen MR) is 102 cm³/mol. The molecule has 3 rings (SSSR count). The molecule has 0 bridgehead atoms. The molecular formula is C21H20N2O5. The lowest BCUT2D eigenvalue weighted by molar-refractivity contribution is -0.123. The highest BCUT2D eigenvalue weighted by atomic mass is 16.5. The van der Waals surface area contributed by atoms with Gasteiger partial charge in [-0.25, -0.2) is 0 Å². The SMILES string of the molecule is Cc1ccc(Oc2ccc(OCC(=O)NNC(=O)c3ccoc3C)cc2)cc1. The van der Waals surface area contributed by atoms with Crippen LogP contribution in [0.25, 0.3) is 0 Å². The summed E-state index contributed by atoms with van der Waals surface area (Å²) in [5.74, 6) is 1.41. The Morgan fingerprint density at radius 3 is 2.07 bits per heavy atom. The highest BCUT2D eigenvalue weighted by Gasteiger charge is 2.12. The molecule has 0 aliphatic carbocycles. The molecule has 0 saturated carbocycles. The fourth-order valence-corrected chi connectivity index (χ4v) is 2.35. The fraction of sp³-hybridized carbons (Fsp3) is 0.143. The summed E-state index contributed by atoms with van der Waals surface area (Å²) in [7, 11) is 0. The van der Waals surface area contributed by atoms with Crippen LogP contribution in [0.4, 0.5) is 0 Å². The molecule has 2 aromatic carbocycles. The monoisotopic (exact) mass is 380 g/mol. The zero-order valence-electron chi connectivity index (χ0n) is 15.5. The van der Waals surface area contributed by atoms with E-state index < -0.39 is 11.8 Å². The van der Waals surface area contributed by atoms with Gasteiger partial charge in [-0.3, -0.25) is 20.4 Å². The lowest BCUT2D eigenvalue weighted by Crippen LogP contribution is -2.43. The largest absolute Gasteiger partial charge is 0.484 e. The van der Waals surface area contributed by atoms with Crippen molar-refractivity contribution in [1.29, 1.82) is 0 Å². The zero-order valence-corrected chi connectivity index (χ0v) is 15.5. The summed E-state index contributed by atoms with van der Waals surface area (Å²) >= 11 is 0. The summed E-state index contributed by atoms with van der Waals surface area (Å²) in [5, 5.41) is 0. The number of carbonyl (C=O) groups is 2. The molecule has 7 heteroatoms. The van der Waals surface area contributed by atoms with Gasteiger partial charge >= 0.3 is 0 Å². The molecule has 1 aromatic heterocycles. The third kappa shape index (κ3) is 5.14. The summed E-state index contributed by atoms with van der Waals surface area (Å²) in [6, 6.07) is 16.1. The Labute approximate surface area is 162 Å². The van der Waals surface area contributed by atoms with Gasteiger partial charge < -0.3 is 13.9 Å². The molecule has 0 saturated heterocycles. The van der Waals surface area contributed by atoms with E-state index in [1.807, 2.05) is 31.2 Å². The Hall–Kier alpha value is -3.74. The lowest BCUT2D eigenvalue weighted by atomic mass is 10.2. The van der Waals surface area contributed by atoms with Crippen molar-refractivity contribution in [2.24, 2.45) is 0 Å². The first-order chi connectivity index (χ1) is 13.5. The molecule has 0 fully saturated rings. The first kappa shape index (κ1) is 19.0. The number of aryl methyl sites for hydroxylation is 2. The summed E-state index contributed by atoms with van der Waals surface area (Å²) in [6.07, 6.45) is 1.40. The second-order valence-electron chi connectivity index (χ2n) is 6.07. The number of ether oxygens (including phenoxy) is 2. The van der Waals surface area contributed by atoms with Crippen molar-refractivity contribution >= 4 is 11.8 Å². The Balaban J connectivity index is 1.44. The molecule has 0 atom stereocenters. The van der Waals surface area contributed by atoms with Crippen molar-refractivity contribution < 1.29 is 23.5 Å². The van der Waals surface area contributed by atoms with Crippen molar-refractivity contribution in [2.45, 2.75) is 13.8 Å². The predicted octanol–water partition coefficient (Wildman–Crippen LogP) is 3.53. The van der Waals surface area contributed by atoms with Gasteiger partial charge in [0.25, 0.3) is 11.8 Å². The highest BCUT2D eigenvalue weighted by molar-refractivity contribution is 5.96. The number of carbonyl (C=O) groups excluding carboxylic acids is 2. The van der Waals surface area contributed by atoms with Crippen molar-refractivity contribution in [3.05, 3.63) is 77.7 Å². The van der Waals surface area contributed by atoms with Crippen LogP contribution in [0.5, 0.6) is 17.2 Å². The molecule has 1 heterocycles. The molecule has 144 valence electrons. The maximum Gasteiger partial charge on any atom is 0.276 e. The lowest BCUT2D eigenvalue weighted by Gasteiger charge is -2.10. The van der Waals surface area contributed by atoms with Gasteiger partial charge in [0.05, 0.1) is 11.8 Å². The molecule has 28 heavy (non-hydrogen) atoms. The minimum absolute atomic E-state index is 0.247. The third-order valence-corrected chi connectivity index (χ3v) is 3.87. The van der Waals surface area contributed by atoms with E-state index in [0.717, 1.165) is 11.3 Å². The smallest absolute Gasteiger partial charge is 0.276 e. The van der Waals surface area contributed by atoms with Crippen molar-refractivity contribution in [2.75, 3.05) is 6.61 Å². The Morgan fingerprint density at radius 2 is 1.46 bits per heavy atom. The maximum absolute atomic E-state index is 11.9. The summed E-state index contributed by atoms with van der Waals surface area (Å²) in [6.45, 7) is 3.42. The Morgan fingerprint density at radius 1 is 0.857 bits per heavy atom. The average molecular weight is 380 g/mol. The number of nitrogens with one attached hydrogen (secondary N) is 2. The molecule has 2 amide bonds. The number of furan rings is 1. The topological polar surface area (TPSA) is 89.8 Å². The third-order valence-electron chi connectivity index (χ3n) is 3.87. The molecule has 0 spiro atoms. The molecule has 3 aromatic rings. The minimum Gasteiger partial charge on any atom is -0.484 e. The van der Waals surface area contributed by atoms with Crippen molar-refractivity contribution in [3.63, 3.8) is 0 Å². The second-order valence-corrected chi connectivity index (χ2v) is 6.07.